The van der Waals surface area contributed by atoms with E-state index in [2.05, 4.69) is 15.3 Å². The summed E-state index contributed by atoms with van der Waals surface area (Å²) in [6, 6.07) is 1.46. The fraction of sp³-hybridized carbons (Fsp3) is 0. The molecule has 0 bridgehead atoms. The van der Waals surface area contributed by atoms with Crippen molar-refractivity contribution in [2.24, 2.45) is 5.73 Å². The van der Waals surface area contributed by atoms with Crippen LogP contribution in [0.3, 0.4) is 0 Å². The number of hydrogen-bond donors (Lipinski definition) is 4. The third kappa shape index (κ3) is 2.45. The van der Waals surface area contributed by atoms with Crippen LogP contribution in [0, 0.1) is 0 Å². The molecule has 2 rings (SSSR count). The molecule has 0 fully saturated rings. The molecule has 5 N–H and O–H groups in total. The van der Waals surface area contributed by atoms with Gasteiger partial charge in [-0.25, -0.2) is 9.78 Å². The lowest BCUT2D eigenvalue weighted by atomic mass is 10.3. The number of carbonyl (C=O) groups excluding carboxylic acids is 2. The summed E-state index contributed by atoms with van der Waals surface area (Å²) < 4.78 is 0. The summed E-state index contributed by atoms with van der Waals surface area (Å²) in [6.07, 6.45) is 1.10. The summed E-state index contributed by atoms with van der Waals surface area (Å²) in [5, 5.41) is 13.1. The fourth-order valence-electron chi connectivity index (χ4n) is 1.39. The lowest BCUT2D eigenvalue weighted by Gasteiger charge is -2.03. The number of aromatic nitrogens is 2. The minimum absolute atomic E-state index is 0.158. The molecule has 2 amide bonds. The Morgan fingerprint density at radius 2 is 2.16 bits per heavy atom. The molecule has 0 unspecified atom stereocenters. The van der Waals surface area contributed by atoms with Crippen molar-refractivity contribution in [1.29, 1.82) is 0 Å². The van der Waals surface area contributed by atoms with E-state index < -0.39 is 17.8 Å². The van der Waals surface area contributed by atoms with Crippen LogP contribution in [0.25, 0.3) is 0 Å². The molecular weight excluding hydrogens is 272 g/mol. The molecule has 2 aromatic rings. The van der Waals surface area contributed by atoms with E-state index in [9.17, 15) is 14.4 Å². The number of aromatic amines is 1. The topological polar surface area (TPSA) is 138 Å². The summed E-state index contributed by atoms with van der Waals surface area (Å²) in [5.41, 5.74) is 4.70. The number of carboxylic acids is 1. The molecule has 0 aliphatic rings. The van der Waals surface area contributed by atoms with E-state index in [0.29, 0.717) is 0 Å². The Balaban J connectivity index is 2.26. The Bertz CT molecular complexity index is 660. The van der Waals surface area contributed by atoms with E-state index in [-0.39, 0.29) is 22.0 Å². The number of nitrogens with two attached hydrogens (primary N) is 1. The number of H-pyrrole nitrogens is 1. The van der Waals surface area contributed by atoms with Crippen molar-refractivity contribution in [3.8, 4) is 0 Å². The molecule has 0 radical (unpaired) electrons. The minimum Gasteiger partial charge on any atom is -0.477 e. The van der Waals surface area contributed by atoms with Crippen LogP contribution in [0.5, 0.6) is 0 Å². The molecule has 0 saturated carbocycles. The van der Waals surface area contributed by atoms with E-state index in [4.69, 9.17) is 10.8 Å². The number of hydrogen-bond acceptors (Lipinski definition) is 5. The Hall–Kier alpha value is -2.68. The highest BCUT2D eigenvalue weighted by Gasteiger charge is 2.21. The normalized spacial score (nSPS) is 10.1. The Kier molecular flexibility index (Phi) is 3.29. The predicted octanol–water partition coefficient (Wildman–Crippen LogP) is 0.521. The van der Waals surface area contributed by atoms with Gasteiger partial charge in [-0.3, -0.25) is 9.59 Å². The van der Waals surface area contributed by atoms with E-state index in [1.54, 1.807) is 5.38 Å². The summed E-state index contributed by atoms with van der Waals surface area (Å²) >= 11 is 1.10. The molecule has 19 heavy (non-hydrogen) atoms. The number of nitrogens with zero attached hydrogens (tertiary/aromatic N) is 1. The highest BCUT2D eigenvalue weighted by Crippen LogP contribution is 2.23. The molecule has 0 aliphatic heterocycles. The highest BCUT2D eigenvalue weighted by atomic mass is 32.1. The van der Waals surface area contributed by atoms with Gasteiger partial charge >= 0.3 is 5.97 Å². The molecular formula is C10H8N4O4S. The van der Waals surface area contributed by atoms with Gasteiger partial charge in [0.2, 0.25) is 0 Å². The van der Waals surface area contributed by atoms with Crippen molar-refractivity contribution in [3.05, 3.63) is 34.7 Å². The average Bonchev–Trinajstić information content (AvgIpc) is 2.96. The van der Waals surface area contributed by atoms with Crippen molar-refractivity contribution >= 4 is 34.1 Å². The van der Waals surface area contributed by atoms with Gasteiger partial charge in [-0.2, -0.15) is 0 Å². The number of primary amides is 1. The summed E-state index contributed by atoms with van der Waals surface area (Å²) in [7, 11) is 0. The zero-order valence-electron chi connectivity index (χ0n) is 9.34. The van der Waals surface area contributed by atoms with Gasteiger partial charge in [0, 0.05) is 0 Å². The van der Waals surface area contributed by atoms with E-state index in [0.717, 1.165) is 17.7 Å². The van der Waals surface area contributed by atoms with Crippen LogP contribution < -0.4 is 11.1 Å². The summed E-state index contributed by atoms with van der Waals surface area (Å²) in [5.74, 6) is -2.72. The molecule has 9 heteroatoms. The quantitative estimate of drug-likeness (QED) is 0.646. The Labute approximate surface area is 110 Å². The van der Waals surface area contributed by atoms with Crippen LogP contribution in [0.15, 0.2) is 17.8 Å². The lowest BCUT2D eigenvalue weighted by Crippen LogP contribution is -2.19. The first kappa shape index (κ1) is 12.8. The van der Waals surface area contributed by atoms with Crippen molar-refractivity contribution in [2.75, 3.05) is 5.32 Å². The van der Waals surface area contributed by atoms with Gasteiger partial charge in [-0.05, 0) is 11.4 Å². The third-order valence-corrected chi connectivity index (χ3v) is 3.06. The Morgan fingerprint density at radius 1 is 1.42 bits per heavy atom. The molecule has 0 saturated heterocycles. The summed E-state index contributed by atoms with van der Waals surface area (Å²) in [4.78, 5) is 39.8. The number of thiophene rings is 1. The van der Waals surface area contributed by atoms with Crippen molar-refractivity contribution in [3.63, 3.8) is 0 Å². The second-order valence-electron chi connectivity index (χ2n) is 3.41. The molecule has 0 atom stereocenters. The maximum Gasteiger partial charge on any atom is 0.354 e. The average molecular weight is 280 g/mol. The van der Waals surface area contributed by atoms with Crippen LogP contribution in [-0.4, -0.2) is 32.9 Å². The number of aromatic carboxylic acids is 1. The van der Waals surface area contributed by atoms with E-state index in [1.165, 1.54) is 6.07 Å². The van der Waals surface area contributed by atoms with Crippen LogP contribution in [0.1, 0.15) is 31.3 Å². The van der Waals surface area contributed by atoms with Crippen molar-refractivity contribution in [1.82, 2.24) is 9.97 Å². The van der Waals surface area contributed by atoms with Gasteiger partial charge in [0.1, 0.15) is 5.00 Å². The zero-order valence-corrected chi connectivity index (χ0v) is 10.2. The number of nitrogens with one attached hydrogen (secondary N) is 2. The number of imidazole rings is 1. The van der Waals surface area contributed by atoms with Crippen LogP contribution in [0.2, 0.25) is 0 Å². The van der Waals surface area contributed by atoms with Gasteiger partial charge < -0.3 is 21.1 Å². The predicted molar refractivity (Wildman–Crippen MR) is 66.3 cm³/mol. The van der Waals surface area contributed by atoms with Crippen molar-refractivity contribution < 1.29 is 19.5 Å². The van der Waals surface area contributed by atoms with Gasteiger partial charge in [0.05, 0.1) is 11.9 Å². The van der Waals surface area contributed by atoms with Crippen molar-refractivity contribution in [2.45, 2.75) is 0 Å². The highest BCUT2D eigenvalue weighted by molar-refractivity contribution is 7.14. The number of carboxylic acid groups (broad SMARTS) is 1. The molecule has 98 valence electrons. The van der Waals surface area contributed by atoms with Gasteiger partial charge in [-0.15, -0.1) is 11.3 Å². The number of rotatable bonds is 4. The second-order valence-corrected chi connectivity index (χ2v) is 4.33. The van der Waals surface area contributed by atoms with E-state index in [1.807, 2.05) is 0 Å². The minimum atomic E-state index is -1.30. The molecule has 0 aliphatic carbocycles. The number of amides is 2. The molecule has 2 aromatic heterocycles. The molecule has 0 aromatic carbocycles. The molecule has 2 heterocycles. The van der Waals surface area contributed by atoms with Gasteiger partial charge in [0.15, 0.2) is 11.4 Å². The van der Waals surface area contributed by atoms with Gasteiger partial charge in [0.25, 0.3) is 11.8 Å². The smallest absolute Gasteiger partial charge is 0.354 e. The van der Waals surface area contributed by atoms with Crippen LogP contribution in [0.4, 0.5) is 5.00 Å². The SMILES string of the molecule is NC(=O)c1ccsc1NC(=O)c1nc[nH]c1C(=O)O. The third-order valence-electron chi connectivity index (χ3n) is 2.23. The maximum absolute atomic E-state index is 11.9. The zero-order chi connectivity index (χ0) is 14.0. The van der Waals surface area contributed by atoms with Gasteiger partial charge in [-0.1, -0.05) is 0 Å². The second kappa shape index (κ2) is 4.90. The lowest BCUT2D eigenvalue weighted by molar-refractivity contribution is 0.0686. The standard InChI is InChI=1S/C10H8N4O4S/c11-7(15)4-1-2-19-9(4)14-8(16)5-6(10(17)18)13-3-12-5/h1-3H,(H2,11,15)(H,12,13)(H,14,16)(H,17,18). The number of carbonyl (C=O) groups is 3. The van der Waals surface area contributed by atoms with Crippen LogP contribution in [-0.2, 0) is 0 Å². The maximum atomic E-state index is 11.9. The van der Waals surface area contributed by atoms with E-state index >= 15 is 0 Å². The van der Waals surface area contributed by atoms with Crippen LogP contribution >= 0.6 is 11.3 Å². The fourth-order valence-corrected chi connectivity index (χ4v) is 2.18. The monoisotopic (exact) mass is 280 g/mol. The molecule has 0 spiro atoms. The summed E-state index contributed by atoms with van der Waals surface area (Å²) in [6.45, 7) is 0. The molecule has 8 nitrogen and oxygen atoms in total. The Morgan fingerprint density at radius 3 is 2.79 bits per heavy atom. The first-order chi connectivity index (χ1) is 9.00. The first-order valence-electron chi connectivity index (χ1n) is 4.96. The first-order valence-corrected chi connectivity index (χ1v) is 5.84. The largest absolute Gasteiger partial charge is 0.477 e. The number of anilines is 1.